The Labute approximate surface area is 300 Å². The third-order valence-electron chi connectivity index (χ3n) is 11.3. The van der Waals surface area contributed by atoms with Crippen molar-refractivity contribution in [1.82, 2.24) is 9.97 Å². The average molecular weight is 663 g/mol. The summed E-state index contributed by atoms with van der Waals surface area (Å²) in [6.45, 7) is -0.0562. The highest BCUT2D eigenvalue weighted by Crippen LogP contribution is 2.46. The van der Waals surface area contributed by atoms with Gasteiger partial charge in [-0.05, 0) is 94.8 Å². The van der Waals surface area contributed by atoms with Crippen molar-refractivity contribution in [2.45, 2.75) is 6.42 Å². The fourth-order valence-electron chi connectivity index (χ4n) is 9.05. The molecule has 0 bridgehead atoms. The van der Waals surface area contributed by atoms with Crippen molar-refractivity contribution in [3.8, 4) is 56.9 Å². The van der Waals surface area contributed by atoms with Crippen LogP contribution >= 0.6 is 0 Å². The zero-order chi connectivity index (χ0) is 33.9. The van der Waals surface area contributed by atoms with E-state index in [0.29, 0.717) is 17.6 Å². The highest BCUT2D eigenvalue weighted by molar-refractivity contribution is 6.98. The third-order valence-corrected chi connectivity index (χ3v) is 11.3. The van der Waals surface area contributed by atoms with Crippen LogP contribution in [0.25, 0.3) is 66.0 Å². The molecule has 0 unspecified atom stereocenters. The van der Waals surface area contributed by atoms with Crippen LogP contribution in [0.15, 0.2) is 152 Å². The molecule has 0 fully saturated rings. The summed E-state index contributed by atoms with van der Waals surface area (Å²) in [5.74, 6) is 3.37. The number of hydrogen-bond donors (Lipinski definition) is 0. The van der Waals surface area contributed by atoms with Gasteiger partial charge >= 0.3 is 0 Å². The number of ether oxygens (including phenoxy) is 2. The third kappa shape index (κ3) is 3.82. The fraction of sp³-hybridized carbons (Fsp3) is 0.0213. The molecule has 3 aliphatic rings. The van der Waals surface area contributed by atoms with Gasteiger partial charge in [0.25, 0.3) is 6.71 Å². The first kappa shape index (κ1) is 28.0. The number of para-hydroxylation sites is 2. The van der Waals surface area contributed by atoms with E-state index in [9.17, 15) is 0 Å². The minimum atomic E-state index is -0.0562. The molecule has 0 saturated carbocycles. The minimum Gasteiger partial charge on any atom is -0.440 e. The van der Waals surface area contributed by atoms with Crippen LogP contribution in [0, 0.1) is 0 Å². The smallest absolute Gasteiger partial charge is 0.265 e. The molecule has 240 valence electrons. The molecule has 1 aliphatic carbocycles. The van der Waals surface area contributed by atoms with Gasteiger partial charge in [-0.1, -0.05) is 133 Å². The Morgan fingerprint density at radius 1 is 0.423 bits per heavy atom. The lowest BCUT2D eigenvalue weighted by Gasteiger charge is -2.31. The van der Waals surface area contributed by atoms with Gasteiger partial charge in [0.15, 0.2) is 5.82 Å². The summed E-state index contributed by atoms with van der Waals surface area (Å²) >= 11 is 0. The van der Waals surface area contributed by atoms with Gasteiger partial charge in [0.2, 0.25) is 11.8 Å². The molecule has 0 spiro atoms. The normalized spacial score (nSPS) is 13.2. The summed E-state index contributed by atoms with van der Waals surface area (Å²) in [5, 5.41) is 7.70. The fourth-order valence-corrected chi connectivity index (χ4v) is 9.05. The van der Waals surface area contributed by atoms with Crippen molar-refractivity contribution >= 4 is 55.4 Å². The average Bonchev–Trinajstić information content (AvgIpc) is 3.60. The standard InChI is InChI=1S/C47H27BN2O2/c1-2-13-31-29(11-1)30-12-3-4-14-32(30)37-25-27(23-24-35(31)37)28-15-9-16-33-34-17-10-18-36(39(34)26-38(28)33)45-49-46-44-47(50-45)52-43-22-8-6-20-41(43)48(44)40-19-5-7-21-42(40)51-46/h1-25H,26H2. The topological polar surface area (TPSA) is 44.2 Å². The van der Waals surface area contributed by atoms with Crippen LogP contribution < -0.4 is 25.9 Å². The summed E-state index contributed by atoms with van der Waals surface area (Å²) in [7, 11) is 0. The minimum absolute atomic E-state index is 0.0562. The zero-order valence-electron chi connectivity index (χ0n) is 27.9. The molecule has 0 saturated heterocycles. The van der Waals surface area contributed by atoms with E-state index in [0.717, 1.165) is 39.9 Å². The highest BCUT2D eigenvalue weighted by atomic mass is 16.5. The van der Waals surface area contributed by atoms with Crippen molar-refractivity contribution in [3.05, 3.63) is 163 Å². The molecule has 8 aromatic carbocycles. The molecular formula is C47H27BN2O2. The van der Waals surface area contributed by atoms with Crippen LogP contribution in [0.4, 0.5) is 0 Å². The van der Waals surface area contributed by atoms with Crippen LogP contribution in [0.3, 0.4) is 0 Å². The molecule has 5 heteroatoms. The van der Waals surface area contributed by atoms with E-state index in [2.05, 4.69) is 127 Å². The van der Waals surface area contributed by atoms with E-state index in [1.54, 1.807) is 0 Å². The summed E-state index contributed by atoms with van der Waals surface area (Å²) in [6, 6.07) is 54.1. The quantitative estimate of drug-likeness (QED) is 0.137. The van der Waals surface area contributed by atoms with Crippen LogP contribution in [0.2, 0.25) is 0 Å². The number of hydrogen-bond acceptors (Lipinski definition) is 4. The molecule has 1 aromatic heterocycles. The van der Waals surface area contributed by atoms with Gasteiger partial charge in [0.05, 0.1) is 5.46 Å². The van der Waals surface area contributed by atoms with E-state index in [-0.39, 0.29) is 6.71 Å². The van der Waals surface area contributed by atoms with Gasteiger partial charge in [-0.25, -0.2) is 0 Å². The van der Waals surface area contributed by atoms with Crippen molar-refractivity contribution in [2.75, 3.05) is 0 Å². The first-order valence-corrected chi connectivity index (χ1v) is 17.8. The molecular weight excluding hydrogens is 635 g/mol. The van der Waals surface area contributed by atoms with Crippen molar-refractivity contribution in [1.29, 1.82) is 0 Å². The van der Waals surface area contributed by atoms with Gasteiger partial charge in [0, 0.05) is 12.0 Å². The second kappa shape index (κ2) is 10.4. The monoisotopic (exact) mass is 662 g/mol. The predicted octanol–water partition coefficient (Wildman–Crippen LogP) is 9.57. The summed E-state index contributed by atoms with van der Waals surface area (Å²) in [6.07, 6.45) is 0.777. The molecule has 0 radical (unpaired) electrons. The van der Waals surface area contributed by atoms with Crippen LogP contribution in [-0.2, 0) is 6.42 Å². The van der Waals surface area contributed by atoms with E-state index in [1.807, 2.05) is 24.3 Å². The number of aromatic nitrogens is 2. The Morgan fingerprint density at radius 3 is 1.52 bits per heavy atom. The molecule has 0 atom stereocenters. The number of benzene rings is 8. The first-order chi connectivity index (χ1) is 25.8. The number of rotatable bonds is 2. The van der Waals surface area contributed by atoms with Gasteiger partial charge in [0.1, 0.15) is 11.5 Å². The van der Waals surface area contributed by atoms with E-state index in [4.69, 9.17) is 19.4 Å². The molecule has 3 heterocycles. The highest BCUT2D eigenvalue weighted by Gasteiger charge is 2.42. The first-order valence-electron chi connectivity index (χ1n) is 17.8. The maximum absolute atomic E-state index is 6.52. The summed E-state index contributed by atoms with van der Waals surface area (Å²) in [4.78, 5) is 10.3. The van der Waals surface area contributed by atoms with Crippen molar-refractivity contribution in [2.24, 2.45) is 0 Å². The Bertz CT molecular complexity index is 2920. The largest absolute Gasteiger partial charge is 0.440 e. The van der Waals surface area contributed by atoms with Crippen molar-refractivity contribution in [3.63, 3.8) is 0 Å². The Balaban J connectivity index is 1.00. The van der Waals surface area contributed by atoms with Crippen LogP contribution in [0.5, 0.6) is 23.3 Å². The molecule has 0 amide bonds. The molecule has 2 aliphatic heterocycles. The van der Waals surface area contributed by atoms with Gasteiger partial charge in [-0.2, -0.15) is 9.97 Å². The molecule has 0 N–H and O–H groups in total. The second-order valence-corrected chi connectivity index (χ2v) is 14.0. The van der Waals surface area contributed by atoms with E-state index < -0.39 is 0 Å². The summed E-state index contributed by atoms with van der Waals surface area (Å²) < 4.78 is 13.0. The van der Waals surface area contributed by atoms with E-state index >= 15 is 0 Å². The molecule has 52 heavy (non-hydrogen) atoms. The number of fused-ring (bicyclic) bond motifs is 13. The lowest BCUT2D eigenvalue weighted by Crippen LogP contribution is -2.57. The molecule has 9 aromatic rings. The van der Waals surface area contributed by atoms with E-state index in [1.165, 1.54) is 65.7 Å². The molecule has 4 nitrogen and oxygen atoms in total. The van der Waals surface area contributed by atoms with Gasteiger partial charge < -0.3 is 9.47 Å². The maximum atomic E-state index is 6.52. The summed E-state index contributed by atoms with van der Waals surface area (Å²) in [5.41, 5.74) is 11.6. The predicted molar refractivity (Wildman–Crippen MR) is 211 cm³/mol. The molecule has 12 rings (SSSR count). The second-order valence-electron chi connectivity index (χ2n) is 14.0. The van der Waals surface area contributed by atoms with Gasteiger partial charge in [-0.15, -0.1) is 0 Å². The SMILES string of the molecule is c1ccc2c(c1)Oc1nc(-c3cccc4c3Cc3c(-c5ccc6c7ccccc7c7ccccc7c6c5)cccc3-4)nc3c1B2c1ccccc1O3. The maximum Gasteiger partial charge on any atom is 0.265 e. The van der Waals surface area contributed by atoms with Crippen LogP contribution in [0.1, 0.15) is 11.1 Å². The Morgan fingerprint density at radius 2 is 0.904 bits per heavy atom. The Kier molecular flexibility index (Phi) is 5.61. The lowest BCUT2D eigenvalue weighted by atomic mass is 9.35. The Hall–Kier alpha value is -6.72. The zero-order valence-corrected chi connectivity index (χ0v) is 27.9. The van der Waals surface area contributed by atoms with Gasteiger partial charge in [-0.3, -0.25) is 0 Å². The lowest BCUT2D eigenvalue weighted by molar-refractivity contribution is 0.439. The van der Waals surface area contributed by atoms with Crippen LogP contribution in [-0.4, -0.2) is 16.7 Å². The number of nitrogens with zero attached hydrogens (tertiary/aromatic N) is 2. The van der Waals surface area contributed by atoms with Crippen molar-refractivity contribution < 1.29 is 9.47 Å².